The number of carbonyl (C=O) groups excluding carboxylic acids is 1. The van der Waals surface area contributed by atoms with E-state index in [1.807, 2.05) is 0 Å². The van der Waals surface area contributed by atoms with Gasteiger partial charge in [0.25, 0.3) is 0 Å². The van der Waals surface area contributed by atoms with Gasteiger partial charge in [-0.1, -0.05) is 6.07 Å². The highest BCUT2D eigenvalue weighted by Crippen LogP contribution is 2.31. The van der Waals surface area contributed by atoms with Gasteiger partial charge < -0.3 is 4.74 Å². The molecule has 1 saturated heterocycles. The maximum absolute atomic E-state index is 13.4. The van der Waals surface area contributed by atoms with Crippen LogP contribution in [0.5, 0.6) is 0 Å². The lowest BCUT2D eigenvalue weighted by Crippen LogP contribution is -2.30. The first kappa shape index (κ1) is 10.6. The number of halogens is 1. The van der Waals surface area contributed by atoms with E-state index < -0.39 is 5.82 Å². The third kappa shape index (κ3) is 2.21. The average Bonchev–Trinajstić information content (AvgIpc) is 2.10. The molecule has 4 heteroatoms. The smallest absolute Gasteiger partial charge is 0.163 e. The van der Waals surface area contributed by atoms with Gasteiger partial charge in [-0.05, 0) is 19.1 Å². The minimum absolute atomic E-state index is 0.203. The highest BCUT2D eigenvalue weighted by atomic mass is 32.2. The van der Waals surface area contributed by atoms with Gasteiger partial charge in [0.2, 0.25) is 0 Å². The summed E-state index contributed by atoms with van der Waals surface area (Å²) in [6, 6.07) is 4.73. The first-order valence-corrected chi connectivity index (χ1v) is 5.60. The van der Waals surface area contributed by atoms with Crippen LogP contribution in [0.2, 0.25) is 0 Å². The molecule has 0 bridgehead atoms. The third-order valence-corrected chi connectivity index (χ3v) is 3.43. The van der Waals surface area contributed by atoms with E-state index in [1.165, 1.54) is 24.8 Å². The summed E-state index contributed by atoms with van der Waals surface area (Å²) in [5.74, 6) is -0.663. The van der Waals surface area contributed by atoms with E-state index in [0.717, 1.165) is 4.90 Å². The molecule has 1 aromatic carbocycles. The minimum Gasteiger partial charge on any atom is -0.379 e. The molecule has 0 spiro atoms. The minimum atomic E-state index is -0.437. The Bertz CT molecular complexity index is 388. The first-order chi connectivity index (χ1) is 7.18. The number of hydrogen-bond acceptors (Lipinski definition) is 3. The number of thioether (sulfide) groups is 1. The molecule has 0 radical (unpaired) electrons. The van der Waals surface area contributed by atoms with Crippen molar-refractivity contribution in [3.63, 3.8) is 0 Å². The molecule has 2 nitrogen and oxygen atoms in total. The molecular weight excluding hydrogens is 215 g/mol. The topological polar surface area (TPSA) is 26.3 Å². The Kier molecular flexibility index (Phi) is 3.07. The number of ketones is 1. The van der Waals surface area contributed by atoms with E-state index in [9.17, 15) is 9.18 Å². The Labute approximate surface area is 91.8 Å². The zero-order valence-electron chi connectivity index (χ0n) is 8.33. The van der Waals surface area contributed by atoms with Crippen molar-refractivity contribution in [2.24, 2.45) is 0 Å². The molecule has 1 heterocycles. The highest BCUT2D eigenvalue weighted by molar-refractivity contribution is 8.00. The number of hydrogen-bond donors (Lipinski definition) is 0. The molecule has 80 valence electrons. The van der Waals surface area contributed by atoms with Gasteiger partial charge in [-0.15, -0.1) is 11.8 Å². The second-order valence-corrected chi connectivity index (χ2v) is 4.79. The largest absolute Gasteiger partial charge is 0.379 e. The zero-order valence-corrected chi connectivity index (χ0v) is 9.14. The molecule has 0 amide bonds. The van der Waals surface area contributed by atoms with Gasteiger partial charge in [-0.2, -0.15) is 0 Å². The van der Waals surface area contributed by atoms with Crippen molar-refractivity contribution in [1.82, 2.24) is 0 Å². The first-order valence-electron chi connectivity index (χ1n) is 4.72. The summed E-state index contributed by atoms with van der Waals surface area (Å²) in [6.45, 7) is 2.75. The molecular formula is C11H11FO2S. The van der Waals surface area contributed by atoms with Gasteiger partial charge in [0.05, 0.1) is 24.0 Å². The molecule has 1 aliphatic rings. The van der Waals surface area contributed by atoms with Crippen LogP contribution in [0, 0.1) is 5.82 Å². The maximum atomic E-state index is 13.4. The van der Waals surface area contributed by atoms with Crippen molar-refractivity contribution in [3.05, 3.63) is 29.6 Å². The van der Waals surface area contributed by atoms with E-state index in [-0.39, 0.29) is 11.3 Å². The van der Waals surface area contributed by atoms with Crippen molar-refractivity contribution in [1.29, 1.82) is 0 Å². The van der Waals surface area contributed by atoms with E-state index in [1.54, 1.807) is 12.1 Å². The fraction of sp³-hybridized carbons (Fsp3) is 0.364. The quantitative estimate of drug-likeness (QED) is 0.741. The van der Waals surface area contributed by atoms with Crippen molar-refractivity contribution in [2.45, 2.75) is 17.1 Å². The van der Waals surface area contributed by atoms with Crippen LogP contribution in [0.3, 0.4) is 0 Å². The number of Topliss-reactive ketones (excluding diaryl/α,β-unsaturated/α-hetero) is 1. The molecule has 0 saturated carbocycles. The monoisotopic (exact) mass is 226 g/mol. The van der Waals surface area contributed by atoms with Crippen molar-refractivity contribution in [2.75, 3.05) is 13.2 Å². The summed E-state index contributed by atoms with van der Waals surface area (Å²) in [7, 11) is 0. The zero-order chi connectivity index (χ0) is 10.8. The second-order valence-electron chi connectivity index (χ2n) is 3.45. The van der Waals surface area contributed by atoms with E-state index in [2.05, 4.69) is 0 Å². The standard InChI is InChI=1S/C11H11FO2S/c1-7(13)11-9(12)3-2-4-10(11)15-8-5-14-6-8/h2-4,8H,5-6H2,1H3. The SMILES string of the molecule is CC(=O)c1c(F)cccc1SC1COC1. The third-order valence-electron chi connectivity index (χ3n) is 2.23. The van der Waals surface area contributed by atoms with Crippen molar-refractivity contribution < 1.29 is 13.9 Å². The van der Waals surface area contributed by atoms with Crippen LogP contribution in [0.4, 0.5) is 4.39 Å². The molecule has 1 fully saturated rings. The lowest BCUT2D eigenvalue weighted by molar-refractivity contribution is 0.0455. The normalized spacial score (nSPS) is 16.1. The number of benzene rings is 1. The van der Waals surface area contributed by atoms with Crippen LogP contribution >= 0.6 is 11.8 Å². The fourth-order valence-electron chi connectivity index (χ4n) is 1.41. The molecule has 0 N–H and O–H groups in total. The second kappa shape index (κ2) is 4.33. The van der Waals surface area contributed by atoms with Crippen LogP contribution in [0.15, 0.2) is 23.1 Å². The maximum Gasteiger partial charge on any atom is 0.163 e. The lowest BCUT2D eigenvalue weighted by atomic mass is 10.1. The Morgan fingerprint density at radius 3 is 2.80 bits per heavy atom. The van der Waals surface area contributed by atoms with E-state index in [0.29, 0.717) is 18.5 Å². The number of rotatable bonds is 3. The fourth-order valence-corrected chi connectivity index (χ4v) is 2.61. The van der Waals surface area contributed by atoms with Crippen molar-refractivity contribution in [3.8, 4) is 0 Å². The molecule has 1 aliphatic heterocycles. The summed E-state index contributed by atoms with van der Waals surface area (Å²) in [6.07, 6.45) is 0. The Morgan fingerprint density at radius 2 is 2.27 bits per heavy atom. The molecule has 1 aromatic rings. The summed E-state index contributed by atoms with van der Waals surface area (Å²) < 4.78 is 18.4. The number of ether oxygens (including phenoxy) is 1. The predicted molar refractivity (Wildman–Crippen MR) is 56.9 cm³/mol. The molecule has 0 atom stereocenters. The molecule has 0 unspecified atom stereocenters. The van der Waals surface area contributed by atoms with Crippen molar-refractivity contribution >= 4 is 17.5 Å². The molecule has 0 aliphatic carbocycles. The van der Waals surface area contributed by atoms with Gasteiger partial charge in [-0.25, -0.2) is 4.39 Å². The Balaban J connectivity index is 2.27. The van der Waals surface area contributed by atoms with Crippen LogP contribution in [-0.4, -0.2) is 24.2 Å². The molecule has 15 heavy (non-hydrogen) atoms. The summed E-state index contributed by atoms with van der Waals surface area (Å²) in [4.78, 5) is 12.0. The Morgan fingerprint density at radius 1 is 1.53 bits per heavy atom. The van der Waals surface area contributed by atoms with E-state index >= 15 is 0 Å². The summed E-state index contributed by atoms with van der Waals surface area (Å²) in [5.41, 5.74) is 0.203. The summed E-state index contributed by atoms with van der Waals surface area (Å²) >= 11 is 1.51. The Hall–Kier alpha value is -0.870. The highest BCUT2D eigenvalue weighted by Gasteiger charge is 2.22. The number of carbonyl (C=O) groups is 1. The van der Waals surface area contributed by atoms with Gasteiger partial charge in [0.1, 0.15) is 5.82 Å². The molecule has 2 rings (SSSR count). The van der Waals surface area contributed by atoms with Crippen LogP contribution in [0.25, 0.3) is 0 Å². The van der Waals surface area contributed by atoms with Gasteiger partial charge in [-0.3, -0.25) is 4.79 Å². The van der Waals surface area contributed by atoms with Gasteiger partial charge in [0.15, 0.2) is 5.78 Å². The summed E-state index contributed by atoms with van der Waals surface area (Å²) in [5, 5.41) is 0.352. The predicted octanol–water partition coefficient (Wildman–Crippen LogP) is 2.52. The van der Waals surface area contributed by atoms with Gasteiger partial charge in [0, 0.05) is 4.90 Å². The van der Waals surface area contributed by atoms with Crippen LogP contribution in [-0.2, 0) is 4.74 Å². The van der Waals surface area contributed by atoms with E-state index in [4.69, 9.17) is 4.74 Å². The van der Waals surface area contributed by atoms with Gasteiger partial charge >= 0.3 is 0 Å². The van der Waals surface area contributed by atoms with Crippen LogP contribution in [0.1, 0.15) is 17.3 Å². The lowest BCUT2D eigenvalue weighted by Gasteiger charge is -2.25. The average molecular weight is 226 g/mol. The molecule has 0 aromatic heterocycles. The van der Waals surface area contributed by atoms with Crippen LogP contribution < -0.4 is 0 Å².